The molecule has 0 aliphatic carbocycles. The molecule has 1 aliphatic rings. The molecule has 0 saturated carbocycles. The largest absolute Gasteiger partial charge is 0.496 e. The second-order valence-electron chi connectivity index (χ2n) is 4.96. The topological polar surface area (TPSA) is 53.7 Å². The van der Waals surface area contributed by atoms with Crippen LogP contribution in [0.25, 0.3) is 0 Å². The summed E-state index contributed by atoms with van der Waals surface area (Å²) < 4.78 is 16.1. The zero-order valence-electron chi connectivity index (χ0n) is 11.3. The van der Waals surface area contributed by atoms with E-state index in [-0.39, 0.29) is 5.41 Å². The summed E-state index contributed by atoms with van der Waals surface area (Å²) in [7, 11) is 3.36. The lowest BCUT2D eigenvalue weighted by Crippen LogP contribution is -2.49. The number of rotatable bonds is 5. The first-order valence-electron chi connectivity index (χ1n) is 6.14. The third-order valence-electron chi connectivity index (χ3n) is 3.68. The van der Waals surface area contributed by atoms with E-state index in [1.54, 1.807) is 14.2 Å². The molecule has 0 bridgehead atoms. The van der Waals surface area contributed by atoms with Crippen LogP contribution >= 0.6 is 0 Å². The molecule has 1 aliphatic heterocycles. The Bertz CT molecular complexity index is 422. The maximum atomic E-state index is 5.86. The van der Waals surface area contributed by atoms with Gasteiger partial charge in [0.05, 0.1) is 27.4 Å². The molecule has 4 heteroatoms. The van der Waals surface area contributed by atoms with E-state index in [9.17, 15) is 0 Å². The highest BCUT2D eigenvalue weighted by Gasteiger charge is 2.38. The molecule has 0 amide bonds. The SMILES string of the molecule is COc1ccc(CC2(CN)COC2)c(OC)c1C. The van der Waals surface area contributed by atoms with Crippen molar-refractivity contribution in [3.05, 3.63) is 23.3 Å². The van der Waals surface area contributed by atoms with Gasteiger partial charge in [-0.1, -0.05) is 6.07 Å². The fourth-order valence-corrected chi connectivity index (χ4v) is 2.46. The Morgan fingerprint density at radius 1 is 1.28 bits per heavy atom. The van der Waals surface area contributed by atoms with E-state index in [2.05, 4.69) is 6.07 Å². The predicted octanol–water partition coefficient (Wildman–Crippen LogP) is 1.53. The number of hydrogen-bond acceptors (Lipinski definition) is 4. The van der Waals surface area contributed by atoms with Crippen LogP contribution in [-0.2, 0) is 11.2 Å². The molecule has 0 unspecified atom stereocenters. The van der Waals surface area contributed by atoms with E-state index in [1.807, 2.05) is 13.0 Å². The Balaban J connectivity index is 2.30. The Morgan fingerprint density at radius 2 is 2.00 bits per heavy atom. The molecule has 2 N–H and O–H groups in total. The first kappa shape index (κ1) is 13.2. The summed E-state index contributed by atoms with van der Waals surface area (Å²) in [5, 5.41) is 0. The summed E-state index contributed by atoms with van der Waals surface area (Å²) in [5.74, 6) is 1.75. The van der Waals surface area contributed by atoms with Crippen LogP contribution < -0.4 is 15.2 Å². The number of nitrogens with two attached hydrogens (primary N) is 1. The fourth-order valence-electron chi connectivity index (χ4n) is 2.46. The third-order valence-corrected chi connectivity index (χ3v) is 3.68. The lowest BCUT2D eigenvalue weighted by atomic mass is 9.79. The summed E-state index contributed by atoms with van der Waals surface area (Å²) in [6.45, 7) is 4.12. The summed E-state index contributed by atoms with van der Waals surface area (Å²) in [6, 6.07) is 4.04. The highest BCUT2D eigenvalue weighted by molar-refractivity contribution is 5.49. The molecule has 100 valence electrons. The van der Waals surface area contributed by atoms with Crippen molar-refractivity contribution < 1.29 is 14.2 Å². The maximum Gasteiger partial charge on any atom is 0.128 e. The van der Waals surface area contributed by atoms with Crippen LogP contribution in [0.4, 0.5) is 0 Å². The van der Waals surface area contributed by atoms with Gasteiger partial charge in [0.15, 0.2) is 0 Å². The maximum absolute atomic E-state index is 5.86. The van der Waals surface area contributed by atoms with Crippen LogP contribution in [0.1, 0.15) is 11.1 Å². The molecule has 0 aromatic heterocycles. The molecule has 1 heterocycles. The van der Waals surface area contributed by atoms with Crippen LogP contribution in [0, 0.1) is 12.3 Å². The van der Waals surface area contributed by atoms with E-state index in [0.29, 0.717) is 6.54 Å². The Morgan fingerprint density at radius 3 is 2.44 bits per heavy atom. The zero-order valence-corrected chi connectivity index (χ0v) is 11.3. The van der Waals surface area contributed by atoms with Crippen LogP contribution in [0.2, 0.25) is 0 Å². The molecule has 1 aromatic rings. The minimum Gasteiger partial charge on any atom is -0.496 e. The molecule has 4 nitrogen and oxygen atoms in total. The first-order chi connectivity index (χ1) is 8.65. The van der Waals surface area contributed by atoms with Crippen molar-refractivity contribution in [1.29, 1.82) is 0 Å². The highest BCUT2D eigenvalue weighted by Crippen LogP contribution is 2.37. The van der Waals surface area contributed by atoms with Gasteiger partial charge in [-0.05, 0) is 25.0 Å². The number of benzene rings is 1. The summed E-state index contributed by atoms with van der Waals surface area (Å²) in [4.78, 5) is 0. The minimum atomic E-state index is 0.0777. The fraction of sp³-hybridized carbons (Fsp3) is 0.571. The van der Waals surface area contributed by atoms with Gasteiger partial charge in [0.1, 0.15) is 11.5 Å². The smallest absolute Gasteiger partial charge is 0.128 e. The molecule has 1 aromatic carbocycles. The van der Waals surface area contributed by atoms with Gasteiger partial charge in [-0.25, -0.2) is 0 Å². The van der Waals surface area contributed by atoms with Gasteiger partial charge in [0.2, 0.25) is 0 Å². The Labute approximate surface area is 108 Å². The first-order valence-corrected chi connectivity index (χ1v) is 6.14. The van der Waals surface area contributed by atoms with Gasteiger partial charge in [0.25, 0.3) is 0 Å². The average molecular weight is 251 g/mol. The molecular formula is C14H21NO3. The molecule has 0 radical (unpaired) electrons. The summed E-state index contributed by atoms with van der Waals surface area (Å²) >= 11 is 0. The summed E-state index contributed by atoms with van der Waals surface area (Å²) in [6.07, 6.45) is 0.886. The Kier molecular flexibility index (Phi) is 3.78. The zero-order chi connectivity index (χ0) is 13.2. The number of methoxy groups -OCH3 is 2. The molecule has 0 spiro atoms. The molecule has 2 rings (SSSR count). The van der Waals surface area contributed by atoms with Crippen molar-refractivity contribution in [1.82, 2.24) is 0 Å². The van der Waals surface area contributed by atoms with Gasteiger partial charge in [0, 0.05) is 17.5 Å². The van der Waals surface area contributed by atoms with Gasteiger partial charge in [-0.2, -0.15) is 0 Å². The summed E-state index contributed by atoms with van der Waals surface area (Å²) in [5.41, 5.74) is 8.14. The normalized spacial score (nSPS) is 17.1. The standard InChI is InChI=1S/C14H21NO3/c1-10-12(16-2)5-4-11(13(10)17-3)6-14(7-15)8-18-9-14/h4-5H,6-9,15H2,1-3H3. The lowest BCUT2D eigenvalue weighted by molar-refractivity contribution is -0.106. The van der Waals surface area contributed by atoms with Crippen molar-refractivity contribution in [2.75, 3.05) is 34.0 Å². The van der Waals surface area contributed by atoms with Crippen molar-refractivity contribution in [2.45, 2.75) is 13.3 Å². The van der Waals surface area contributed by atoms with E-state index in [0.717, 1.165) is 36.7 Å². The Hall–Kier alpha value is -1.26. The van der Waals surface area contributed by atoms with Crippen LogP contribution in [-0.4, -0.2) is 34.0 Å². The third kappa shape index (κ3) is 2.18. The highest BCUT2D eigenvalue weighted by atomic mass is 16.5. The van der Waals surface area contributed by atoms with E-state index in [4.69, 9.17) is 19.9 Å². The van der Waals surface area contributed by atoms with Gasteiger partial charge >= 0.3 is 0 Å². The van der Waals surface area contributed by atoms with Crippen molar-refractivity contribution in [3.8, 4) is 11.5 Å². The number of ether oxygens (including phenoxy) is 3. The monoisotopic (exact) mass is 251 g/mol. The quantitative estimate of drug-likeness (QED) is 0.862. The van der Waals surface area contributed by atoms with E-state index >= 15 is 0 Å². The molecule has 1 fully saturated rings. The molecule has 1 saturated heterocycles. The van der Waals surface area contributed by atoms with Crippen LogP contribution in [0.5, 0.6) is 11.5 Å². The number of hydrogen-bond donors (Lipinski definition) is 1. The van der Waals surface area contributed by atoms with Crippen LogP contribution in [0.15, 0.2) is 12.1 Å². The van der Waals surface area contributed by atoms with Gasteiger partial charge in [-0.3, -0.25) is 0 Å². The van der Waals surface area contributed by atoms with E-state index < -0.39 is 0 Å². The predicted molar refractivity (Wildman–Crippen MR) is 70.3 cm³/mol. The van der Waals surface area contributed by atoms with Crippen molar-refractivity contribution in [3.63, 3.8) is 0 Å². The van der Waals surface area contributed by atoms with Gasteiger partial charge in [-0.15, -0.1) is 0 Å². The molecule has 0 atom stereocenters. The van der Waals surface area contributed by atoms with Crippen LogP contribution in [0.3, 0.4) is 0 Å². The minimum absolute atomic E-state index is 0.0777. The molecule has 18 heavy (non-hydrogen) atoms. The second-order valence-corrected chi connectivity index (χ2v) is 4.96. The van der Waals surface area contributed by atoms with Gasteiger partial charge < -0.3 is 19.9 Å². The second kappa shape index (κ2) is 5.16. The van der Waals surface area contributed by atoms with Crippen molar-refractivity contribution >= 4 is 0 Å². The van der Waals surface area contributed by atoms with Crippen molar-refractivity contribution in [2.24, 2.45) is 11.1 Å². The molecular weight excluding hydrogens is 230 g/mol. The lowest BCUT2D eigenvalue weighted by Gasteiger charge is -2.41. The average Bonchev–Trinajstić information content (AvgIpc) is 2.34. The van der Waals surface area contributed by atoms with E-state index in [1.165, 1.54) is 5.56 Å².